The zero-order chi connectivity index (χ0) is 15.2. The lowest BCUT2D eigenvalue weighted by molar-refractivity contribution is 0.262. The smallest absolute Gasteiger partial charge is 0.313 e. The molecular weight excluding hydrogens is 262 g/mol. The van der Waals surface area contributed by atoms with Gasteiger partial charge in [0.2, 0.25) is 0 Å². The summed E-state index contributed by atoms with van der Waals surface area (Å²) in [6.45, 7) is 4.07. The molecule has 0 heterocycles. The molecule has 0 aliphatic carbocycles. The van der Waals surface area contributed by atoms with E-state index in [0.717, 1.165) is 22.5 Å². The molecule has 0 radical (unpaired) electrons. The molecular formula is C17H21N3O. The van der Waals surface area contributed by atoms with Crippen LogP contribution in [0.1, 0.15) is 24.1 Å². The minimum absolute atomic E-state index is 0.167. The molecule has 0 aromatic heterocycles. The molecule has 4 heteroatoms. The Kier molecular flexibility index (Phi) is 4.95. The van der Waals surface area contributed by atoms with Crippen molar-refractivity contribution in [2.45, 2.75) is 19.9 Å². The minimum Gasteiger partial charge on any atom is -0.313 e. The summed E-state index contributed by atoms with van der Waals surface area (Å²) in [6, 6.07) is 15.4. The van der Waals surface area contributed by atoms with Gasteiger partial charge >= 0.3 is 6.03 Å². The number of aryl methyl sites for hydroxylation is 1. The van der Waals surface area contributed by atoms with Crippen molar-refractivity contribution in [2.24, 2.45) is 0 Å². The van der Waals surface area contributed by atoms with Crippen LogP contribution >= 0.6 is 0 Å². The molecule has 2 aromatic carbocycles. The third-order valence-electron chi connectivity index (χ3n) is 3.42. The molecule has 2 amide bonds. The number of hydrogen-bond acceptors (Lipinski definition) is 2. The SMILES string of the molecule is CNC(C)c1ccccc1NC(=O)Nc1ccc(C)cc1. The van der Waals surface area contributed by atoms with Gasteiger partial charge in [-0.2, -0.15) is 0 Å². The van der Waals surface area contributed by atoms with Crippen LogP contribution in [0.3, 0.4) is 0 Å². The van der Waals surface area contributed by atoms with E-state index in [2.05, 4.69) is 22.9 Å². The molecule has 1 unspecified atom stereocenters. The second-order valence-electron chi connectivity index (χ2n) is 5.04. The molecule has 0 aliphatic heterocycles. The Balaban J connectivity index is 2.07. The fourth-order valence-electron chi connectivity index (χ4n) is 2.07. The van der Waals surface area contributed by atoms with E-state index >= 15 is 0 Å². The summed E-state index contributed by atoms with van der Waals surface area (Å²) in [7, 11) is 1.90. The third-order valence-corrected chi connectivity index (χ3v) is 3.42. The van der Waals surface area contributed by atoms with Crippen molar-refractivity contribution < 1.29 is 4.79 Å². The van der Waals surface area contributed by atoms with Crippen LogP contribution < -0.4 is 16.0 Å². The second kappa shape index (κ2) is 6.90. The predicted octanol–water partition coefficient (Wildman–Crippen LogP) is 3.92. The molecule has 3 N–H and O–H groups in total. The maximum absolute atomic E-state index is 12.1. The number of rotatable bonds is 4. The average Bonchev–Trinajstić information content (AvgIpc) is 2.49. The van der Waals surface area contributed by atoms with Gasteiger partial charge in [0, 0.05) is 17.4 Å². The van der Waals surface area contributed by atoms with E-state index in [0.29, 0.717) is 0 Å². The van der Waals surface area contributed by atoms with Crippen LogP contribution in [0, 0.1) is 6.92 Å². The molecule has 0 saturated heterocycles. The molecule has 21 heavy (non-hydrogen) atoms. The van der Waals surface area contributed by atoms with Crippen molar-refractivity contribution in [3.8, 4) is 0 Å². The van der Waals surface area contributed by atoms with Gasteiger partial charge in [0.05, 0.1) is 0 Å². The summed E-state index contributed by atoms with van der Waals surface area (Å²) in [5.74, 6) is 0. The number of nitrogens with one attached hydrogen (secondary N) is 3. The lowest BCUT2D eigenvalue weighted by Gasteiger charge is -2.16. The number of benzene rings is 2. The number of hydrogen-bond donors (Lipinski definition) is 3. The van der Waals surface area contributed by atoms with Gasteiger partial charge in [-0.3, -0.25) is 0 Å². The molecule has 2 aromatic rings. The van der Waals surface area contributed by atoms with Gasteiger partial charge in [0.15, 0.2) is 0 Å². The number of carbonyl (C=O) groups excluding carboxylic acids is 1. The zero-order valence-corrected chi connectivity index (χ0v) is 12.6. The largest absolute Gasteiger partial charge is 0.323 e. The highest BCUT2D eigenvalue weighted by Gasteiger charge is 2.10. The maximum atomic E-state index is 12.1. The van der Waals surface area contributed by atoms with Gasteiger partial charge in [-0.05, 0) is 44.7 Å². The van der Waals surface area contributed by atoms with E-state index in [9.17, 15) is 4.79 Å². The Bertz CT molecular complexity index is 608. The molecule has 0 aliphatic rings. The molecule has 0 bridgehead atoms. The maximum Gasteiger partial charge on any atom is 0.323 e. The lowest BCUT2D eigenvalue weighted by atomic mass is 10.1. The molecule has 4 nitrogen and oxygen atoms in total. The lowest BCUT2D eigenvalue weighted by Crippen LogP contribution is -2.22. The normalized spacial score (nSPS) is 11.8. The van der Waals surface area contributed by atoms with Gasteiger partial charge in [-0.15, -0.1) is 0 Å². The first-order chi connectivity index (χ1) is 10.1. The summed E-state index contributed by atoms with van der Waals surface area (Å²) in [4.78, 5) is 12.1. The van der Waals surface area contributed by atoms with Gasteiger partial charge in [0.1, 0.15) is 0 Å². The van der Waals surface area contributed by atoms with Gasteiger partial charge in [0.25, 0.3) is 0 Å². The van der Waals surface area contributed by atoms with Crippen LogP contribution in [0.5, 0.6) is 0 Å². The molecule has 110 valence electrons. The van der Waals surface area contributed by atoms with Crippen LogP contribution in [0.2, 0.25) is 0 Å². The molecule has 0 saturated carbocycles. The van der Waals surface area contributed by atoms with Crippen LogP contribution in [-0.4, -0.2) is 13.1 Å². The number of urea groups is 1. The van der Waals surface area contributed by atoms with Crippen LogP contribution in [-0.2, 0) is 0 Å². The number of carbonyl (C=O) groups is 1. The molecule has 0 spiro atoms. The first-order valence-electron chi connectivity index (χ1n) is 7.01. The van der Waals surface area contributed by atoms with E-state index in [1.807, 2.05) is 62.5 Å². The summed E-state index contributed by atoms with van der Waals surface area (Å²) >= 11 is 0. The Hall–Kier alpha value is -2.33. The quantitative estimate of drug-likeness (QED) is 0.796. The van der Waals surface area contributed by atoms with Gasteiger partial charge in [-0.25, -0.2) is 4.79 Å². The van der Waals surface area contributed by atoms with Crippen LogP contribution in [0.15, 0.2) is 48.5 Å². The van der Waals surface area contributed by atoms with Crippen molar-refractivity contribution in [1.82, 2.24) is 5.32 Å². The molecule has 1 atom stereocenters. The monoisotopic (exact) mass is 283 g/mol. The number of para-hydroxylation sites is 1. The predicted molar refractivity (Wildman–Crippen MR) is 87.7 cm³/mol. The molecule has 0 fully saturated rings. The van der Waals surface area contributed by atoms with Crippen molar-refractivity contribution in [3.05, 3.63) is 59.7 Å². The van der Waals surface area contributed by atoms with Gasteiger partial charge in [-0.1, -0.05) is 35.9 Å². The van der Waals surface area contributed by atoms with E-state index < -0.39 is 0 Å². The Morgan fingerprint density at radius 1 is 1.00 bits per heavy atom. The Morgan fingerprint density at radius 3 is 2.33 bits per heavy atom. The number of anilines is 2. The average molecular weight is 283 g/mol. The standard InChI is InChI=1S/C17H21N3O/c1-12-8-10-14(11-9-12)19-17(21)20-16-7-5-4-6-15(16)13(2)18-3/h4-11,13,18H,1-3H3,(H2,19,20,21). The van der Waals surface area contributed by atoms with Crippen molar-refractivity contribution in [3.63, 3.8) is 0 Å². The summed E-state index contributed by atoms with van der Waals surface area (Å²) < 4.78 is 0. The Labute approximate surface area is 125 Å². The van der Waals surface area contributed by atoms with Crippen LogP contribution in [0.25, 0.3) is 0 Å². The Morgan fingerprint density at radius 2 is 1.67 bits per heavy atom. The first kappa shape index (κ1) is 15.1. The highest BCUT2D eigenvalue weighted by Crippen LogP contribution is 2.22. The summed E-state index contributed by atoms with van der Waals surface area (Å²) in [5.41, 5.74) is 3.80. The second-order valence-corrected chi connectivity index (χ2v) is 5.04. The van der Waals surface area contributed by atoms with Crippen LogP contribution in [0.4, 0.5) is 16.2 Å². The highest BCUT2D eigenvalue weighted by molar-refractivity contribution is 6.00. The minimum atomic E-state index is -0.241. The van der Waals surface area contributed by atoms with E-state index in [1.54, 1.807) is 0 Å². The van der Waals surface area contributed by atoms with Gasteiger partial charge < -0.3 is 16.0 Å². The number of amides is 2. The van der Waals surface area contributed by atoms with Crippen molar-refractivity contribution in [1.29, 1.82) is 0 Å². The fourth-order valence-corrected chi connectivity index (χ4v) is 2.07. The summed E-state index contributed by atoms with van der Waals surface area (Å²) in [5, 5.41) is 8.91. The third kappa shape index (κ3) is 4.07. The fraction of sp³-hybridized carbons (Fsp3) is 0.235. The van der Waals surface area contributed by atoms with Crippen molar-refractivity contribution in [2.75, 3.05) is 17.7 Å². The topological polar surface area (TPSA) is 53.2 Å². The van der Waals surface area contributed by atoms with E-state index in [-0.39, 0.29) is 12.1 Å². The zero-order valence-electron chi connectivity index (χ0n) is 12.6. The van der Waals surface area contributed by atoms with E-state index in [4.69, 9.17) is 0 Å². The van der Waals surface area contributed by atoms with E-state index in [1.165, 1.54) is 0 Å². The molecule has 2 rings (SSSR count). The highest BCUT2D eigenvalue weighted by atomic mass is 16.2. The summed E-state index contributed by atoms with van der Waals surface area (Å²) in [6.07, 6.45) is 0. The van der Waals surface area contributed by atoms with Crippen molar-refractivity contribution >= 4 is 17.4 Å². The first-order valence-corrected chi connectivity index (χ1v) is 7.01.